The van der Waals surface area contributed by atoms with E-state index >= 15 is 0 Å². The number of carbonyl (C=O) groups excluding carboxylic acids is 1. The monoisotopic (exact) mass is 285 g/mol. The second-order valence-electron chi connectivity index (χ2n) is 4.60. The maximum atomic E-state index is 11.9. The molecule has 2 N–H and O–H groups in total. The average Bonchev–Trinajstić information content (AvgIpc) is 2.27. The lowest BCUT2D eigenvalue weighted by Crippen LogP contribution is -2.51. The van der Waals surface area contributed by atoms with Gasteiger partial charge in [0.25, 0.3) is 5.91 Å². The van der Waals surface area contributed by atoms with E-state index in [-0.39, 0.29) is 0 Å². The van der Waals surface area contributed by atoms with Crippen molar-refractivity contribution < 1.29 is 19.4 Å². The first-order chi connectivity index (χ1) is 8.72. The minimum Gasteiger partial charge on any atom is -0.480 e. The van der Waals surface area contributed by atoms with Crippen LogP contribution in [0.25, 0.3) is 0 Å². The Bertz CT molecular complexity index is 487. The Morgan fingerprint density at radius 3 is 2.58 bits per heavy atom. The van der Waals surface area contributed by atoms with Gasteiger partial charge in [-0.15, -0.1) is 0 Å². The molecule has 19 heavy (non-hydrogen) atoms. The lowest BCUT2D eigenvalue weighted by Gasteiger charge is -2.26. The number of aliphatic carboxylic acids is 1. The minimum atomic E-state index is -1.20. The van der Waals surface area contributed by atoms with Crippen molar-refractivity contribution >= 4 is 23.5 Å². The van der Waals surface area contributed by atoms with Crippen LogP contribution < -0.4 is 10.1 Å². The van der Waals surface area contributed by atoms with Crippen molar-refractivity contribution in [2.24, 2.45) is 0 Å². The minimum absolute atomic E-state index is 0.440. The number of halogens is 1. The molecule has 0 spiro atoms. The van der Waals surface area contributed by atoms with Gasteiger partial charge in [-0.25, -0.2) is 0 Å². The molecule has 1 aromatic rings. The van der Waals surface area contributed by atoms with Crippen molar-refractivity contribution in [2.75, 3.05) is 0 Å². The number of rotatable bonds is 5. The lowest BCUT2D eigenvalue weighted by molar-refractivity contribution is -0.144. The molecular weight excluding hydrogens is 270 g/mol. The first kappa shape index (κ1) is 15.3. The number of carboxylic acid groups (broad SMARTS) is 1. The molecule has 1 aromatic carbocycles. The number of hydrogen-bond donors (Lipinski definition) is 2. The topological polar surface area (TPSA) is 75.6 Å². The normalized spacial score (nSPS) is 12.6. The summed E-state index contributed by atoms with van der Waals surface area (Å²) < 4.78 is 5.54. The first-order valence-corrected chi connectivity index (χ1v) is 6.08. The molecule has 0 unspecified atom stereocenters. The van der Waals surface area contributed by atoms with Crippen LogP contribution in [-0.4, -0.2) is 28.6 Å². The van der Waals surface area contributed by atoms with Crippen molar-refractivity contribution in [3.63, 3.8) is 0 Å². The summed E-state index contributed by atoms with van der Waals surface area (Å²) >= 11 is 5.82. The SMILES string of the molecule is C[C@H](NC(=O)C(C)(C)Oc1cccc(Cl)c1)C(=O)O. The molecule has 0 fully saturated rings. The van der Waals surface area contributed by atoms with E-state index in [9.17, 15) is 9.59 Å². The molecule has 104 valence electrons. The number of carbonyl (C=O) groups is 2. The zero-order valence-corrected chi connectivity index (χ0v) is 11.7. The van der Waals surface area contributed by atoms with Crippen LogP contribution in [-0.2, 0) is 9.59 Å². The molecular formula is C13H16ClNO4. The van der Waals surface area contributed by atoms with Crippen molar-refractivity contribution in [1.82, 2.24) is 5.32 Å². The van der Waals surface area contributed by atoms with Gasteiger partial charge in [0.05, 0.1) is 0 Å². The summed E-state index contributed by atoms with van der Waals surface area (Å²) in [5.41, 5.74) is -1.20. The molecule has 0 radical (unpaired) electrons. The van der Waals surface area contributed by atoms with Crippen LogP contribution >= 0.6 is 11.6 Å². The molecule has 0 heterocycles. The summed E-state index contributed by atoms with van der Waals surface area (Å²) in [6, 6.07) is 5.66. The number of amides is 1. The molecule has 5 nitrogen and oxygen atoms in total. The van der Waals surface area contributed by atoms with Gasteiger partial charge in [0.1, 0.15) is 11.8 Å². The average molecular weight is 286 g/mol. The number of carboxylic acids is 1. The second-order valence-corrected chi connectivity index (χ2v) is 5.04. The van der Waals surface area contributed by atoms with E-state index in [1.807, 2.05) is 0 Å². The molecule has 0 aliphatic heterocycles. The van der Waals surface area contributed by atoms with Gasteiger partial charge in [-0.05, 0) is 39.0 Å². The summed E-state index contributed by atoms with van der Waals surface area (Å²) in [5.74, 6) is -1.18. The molecule has 1 amide bonds. The second kappa shape index (κ2) is 5.93. The van der Waals surface area contributed by atoms with E-state index in [1.165, 1.54) is 6.92 Å². The van der Waals surface area contributed by atoms with Gasteiger partial charge in [-0.2, -0.15) is 0 Å². The largest absolute Gasteiger partial charge is 0.480 e. The van der Waals surface area contributed by atoms with Crippen LogP contribution in [0.1, 0.15) is 20.8 Å². The highest BCUT2D eigenvalue weighted by molar-refractivity contribution is 6.30. The maximum Gasteiger partial charge on any atom is 0.325 e. The zero-order valence-electron chi connectivity index (χ0n) is 10.9. The van der Waals surface area contributed by atoms with Gasteiger partial charge in [0.15, 0.2) is 5.60 Å². The fraction of sp³-hybridized carbons (Fsp3) is 0.385. The van der Waals surface area contributed by atoms with Crippen LogP contribution in [0.2, 0.25) is 5.02 Å². The van der Waals surface area contributed by atoms with Gasteiger partial charge in [0.2, 0.25) is 0 Å². The summed E-state index contributed by atoms with van der Waals surface area (Å²) in [6.45, 7) is 4.49. The summed E-state index contributed by atoms with van der Waals surface area (Å²) in [4.78, 5) is 22.6. The Morgan fingerprint density at radius 1 is 1.42 bits per heavy atom. The fourth-order valence-electron chi connectivity index (χ4n) is 1.30. The Kier molecular flexibility index (Phi) is 4.78. The van der Waals surface area contributed by atoms with Crippen LogP contribution in [0.4, 0.5) is 0 Å². The summed E-state index contributed by atoms with van der Waals surface area (Å²) in [6.07, 6.45) is 0. The number of ether oxygens (including phenoxy) is 1. The Labute approximate surface area is 116 Å². The van der Waals surface area contributed by atoms with E-state index < -0.39 is 23.5 Å². The standard InChI is InChI=1S/C13H16ClNO4/c1-8(11(16)17)15-12(18)13(2,3)19-10-6-4-5-9(14)7-10/h4-8H,1-3H3,(H,15,18)(H,16,17)/t8-/m0/s1. The maximum absolute atomic E-state index is 11.9. The molecule has 0 saturated heterocycles. The van der Waals surface area contributed by atoms with Gasteiger partial charge >= 0.3 is 5.97 Å². The molecule has 0 bridgehead atoms. The Balaban J connectivity index is 2.75. The zero-order chi connectivity index (χ0) is 14.6. The first-order valence-electron chi connectivity index (χ1n) is 5.71. The van der Waals surface area contributed by atoms with Crippen LogP contribution in [0.5, 0.6) is 5.75 Å². The van der Waals surface area contributed by atoms with Crippen molar-refractivity contribution in [3.05, 3.63) is 29.3 Å². The lowest BCUT2D eigenvalue weighted by atomic mass is 10.1. The molecule has 0 aromatic heterocycles. The molecule has 0 aliphatic rings. The number of nitrogens with one attached hydrogen (secondary N) is 1. The van der Waals surface area contributed by atoms with Crippen LogP contribution in [0, 0.1) is 0 Å². The molecule has 1 rings (SSSR count). The highest BCUT2D eigenvalue weighted by Gasteiger charge is 2.32. The predicted octanol–water partition coefficient (Wildman–Crippen LogP) is 2.09. The van der Waals surface area contributed by atoms with Gasteiger partial charge < -0.3 is 15.2 Å². The summed E-state index contributed by atoms with van der Waals surface area (Å²) in [7, 11) is 0. The summed E-state index contributed by atoms with van der Waals surface area (Å²) in [5, 5.41) is 11.6. The van der Waals surface area contributed by atoms with E-state index in [4.69, 9.17) is 21.4 Å². The third kappa shape index (κ3) is 4.44. The quantitative estimate of drug-likeness (QED) is 0.868. The molecule has 0 aliphatic carbocycles. The Morgan fingerprint density at radius 2 is 2.05 bits per heavy atom. The molecule has 6 heteroatoms. The van der Waals surface area contributed by atoms with E-state index in [0.717, 1.165) is 0 Å². The smallest absolute Gasteiger partial charge is 0.325 e. The van der Waals surface area contributed by atoms with Gasteiger partial charge in [-0.1, -0.05) is 17.7 Å². The van der Waals surface area contributed by atoms with Gasteiger partial charge in [0, 0.05) is 5.02 Å². The Hall–Kier alpha value is -1.75. The van der Waals surface area contributed by atoms with E-state index in [0.29, 0.717) is 10.8 Å². The van der Waals surface area contributed by atoms with Crippen LogP contribution in [0.15, 0.2) is 24.3 Å². The van der Waals surface area contributed by atoms with Crippen LogP contribution in [0.3, 0.4) is 0 Å². The van der Waals surface area contributed by atoms with Gasteiger partial charge in [-0.3, -0.25) is 9.59 Å². The van der Waals surface area contributed by atoms with E-state index in [1.54, 1.807) is 38.1 Å². The number of hydrogen-bond acceptors (Lipinski definition) is 3. The highest BCUT2D eigenvalue weighted by Crippen LogP contribution is 2.22. The fourth-order valence-corrected chi connectivity index (χ4v) is 1.48. The highest BCUT2D eigenvalue weighted by atomic mass is 35.5. The van der Waals surface area contributed by atoms with E-state index in [2.05, 4.69) is 5.32 Å². The molecule has 0 saturated carbocycles. The third-order valence-electron chi connectivity index (χ3n) is 2.43. The molecule has 1 atom stereocenters. The predicted molar refractivity (Wildman–Crippen MR) is 71.4 cm³/mol. The van der Waals surface area contributed by atoms with Crippen molar-refractivity contribution in [1.29, 1.82) is 0 Å². The number of benzene rings is 1. The van der Waals surface area contributed by atoms with Crippen molar-refractivity contribution in [2.45, 2.75) is 32.4 Å². The third-order valence-corrected chi connectivity index (χ3v) is 2.67. The van der Waals surface area contributed by atoms with Crippen molar-refractivity contribution in [3.8, 4) is 5.75 Å².